The van der Waals surface area contributed by atoms with Crippen molar-refractivity contribution in [3.8, 4) is 0 Å². The largest absolute Gasteiger partial charge is 0.273 e. The lowest BCUT2D eigenvalue weighted by atomic mass is 10.2. The van der Waals surface area contributed by atoms with Crippen molar-refractivity contribution >= 4 is 5.91 Å². The molecule has 0 radical (unpaired) electrons. The van der Waals surface area contributed by atoms with Crippen molar-refractivity contribution in [1.29, 1.82) is 0 Å². The Bertz CT molecular complexity index is 252. The zero-order chi connectivity index (χ0) is 8.27. The number of aromatic nitrogens is 2. The Hall–Kier alpha value is -1.12. The van der Waals surface area contributed by atoms with Crippen LogP contribution < -0.4 is 0 Å². The van der Waals surface area contributed by atoms with Crippen LogP contribution >= 0.6 is 0 Å². The van der Waals surface area contributed by atoms with E-state index in [-0.39, 0.29) is 5.91 Å². The van der Waals surface area contributed by atoms with Crippen molar-refractivity contribution in [3.05, 3.63) is 18.0 Å². The molecule has 0 bridgehead atoms. The summed E-state index contributed by atoms with van der Waals surface area (Å²) in [6.45, 7) is 3.60. The lowest BCUT2D eigenvalue weighted by Gasteiger charge is -1.90. The number of hydrogen-bond acceptors (Lipinski definition) is 2. The van der Waals surface area contributed by atoms with Crippen LogP contribution in [0.2, 0.25) is 0 Å². The molecule has 1 aromatic rings. The molecule has 0 saturated heterocycles. The fourth-order valence-electron chi connectivity index (χ4n) is 0.950. The second kappa shape index (κ2) is 3.32. The molecule has 1 aromatic heterocycles. The normalized spacial score (nSPS) is 10.0. The molecule has 0 spiro atoms. The molecule has 0 aliphatic rings. The van der Waals surface area contributed by atoms with Gasteiger partial charge >= 0.3 is 0 Å². The van der Waals surface area contributed by atoms with Gasteiger partial charge < -0.3 is 0 Å². The summed E-state index contributed by atoms with van der Waals surface area (Å²) >= 11 is 0. The third-order valence-corrected chi connectivity index (χ3v) is 1.50. The van der Waals surface area contributed by atoms with E-state index in [1.54, 1.807) is 12.4 Å². The van der Waals surface area contributed by atoms with Crippen molar-refractivity contribution in [3.63, 3.8) is 0 Å². The van der Waals surface area contributed by atoms with Gasteiger partial charge in [0.05, 0.1) is 6.20 Å². The van der Waals surface area contributed by atoms with Crippen LogP contribution in [-0.2, 0) is 6.42 Å². The van der Waals surface area contributed by atoms with Gasteiger partial charge in [-0.15, -0.1) is 0 Å². The van der Waals surface area contributed by atoms with Gasteiger partial charge in [-0.05, 0) is 12.0 Å². The van der Waals surface area contributed by atoms with Gasteiger partial charge in [-0.2, -0.15) is 5.10 Å². The Labute approximate surface area is 66.0 Å². The van der Waals surface area contributed by atoms with Crippen molar-refractivity contribution in [2.75, 3.05) is 0 Å². The summed E-state index contributed by atoms with van der Waals surface area (Å²) in [5.41, 5.74) is 1.13. The third kappa shape index (κ3) is 1.90. The predicted octanol–water partition coefficient (Wildman–Crippen LogP) is 1.50. The van der Waals surface area contributed by atoms with Crippen LogP contribution in [0.5, 0.6) is 0 Å². The maximum Gasteiger partial charge on any atom is 0.243 e. The highest BCUT2D eigenvalue weighted by molar-refractivity contribution is 5.74. The van der Waals surface area contributed by atoms with Gasteiger partial charge in [-0.1, -0.05) is 13.3 Å². The number of carbonyl (C=O) groups excluding carboxylic acids is 1. The van der Waals surface area contributed by atoms with E-state index >= 15 is 0 Å². The Kier molecular flexibility index (Phi) is 2.41. The molecular weight excluding hydrogens is 140 g/mol. The van der Waals surface area contributed by atoms with Gasteiger partial charge in [-0.3, -0.25) is 4.79 Å². The van der Waals surface area contributed by atoms with E-state index in [1.807, 2.05) is 0 Å². The van der Waals surface area contributed by atoms with Gasteiger partial charge in [-0.25, -0.2) is 4.68 Å². The molecule has 1 heterocycles. The van der Waals surface area contributed by atoms with E-state index in [9.17, 15) is 4.79 Å². The average Bonchev–Trinajstić information content (AvgIpc) is 2.37. The summed E-state index contributed by atoms with van der Waals surface area (Å²) < 4.78 is 1.37. The molecule has 3 nitrogen and oxygen atoms in total. The second-order valence-corrected chi connectivity index (χ2v) is 2.56. The first-order valence-corrected chi connectivity index (χ1v) is 3.78. The molecule has 0 atom stereocenters. The van der Waals surface area contributed by atoms with Crippen LogP contribution in [0.1, 0.15) is 30.6 Å². The van der Waals surface area contributed by atoms with Gasteiger partial charge in [0.15, 0.2) is 0 Å². The highest BCUT2D eigenvalue weighted by atomic mass is 16.2. The SMILES string of the molecule is CCCc1cnn(C(C)=O)c1. The predicted molar refractivity (Wildman–Crippen MR) is 42.5 cm³/mol. The van der Waals surface area contributed by atoms with E-state index in [2.05, 4.69) is 12.0 Å². The maximum atomic E-state index is 10.8. The summed E-state index contributed by atoms with van der Waals surface area (Å²) in [7, 11) is 0. The minimum absolute atomic E-state index is 0.0349. The lowest BCUT2D eigenvalue weighted by Crippen LogP contribution is -2.04. The zero-order valence-corrected chi connectivity index (χ0v) is 6.87. The highest BCUT2D eigenvalue weighted by Crippen LogP contribution is 2.00. The molecular formula is C8H12N2O. The van der Waals surface area contributed by atoms with E-state index in [1.165, 1.54) is 11.6 Å². The molecule has 0 N–H and O–H groups in total. The van der Waals surface area contributed by atoms with Crippen LogP contribution in [-0.4, -0.2) is 15.7 Å². The molecule has 60 valence electrons. The van der Waals surface area contributed by atoms with Crippen molar-refractivity contribution in [2.45, 2.75) is 26.7 Å². The third-order valence-electron chi connectivity index (χ3n) is 1.50. The minimum atomic E-state index is -0.0349. The molecule has 0 aromatic carbocycles. The molecule has 0 saturated carbocycles. The van der Waals surface area contributed by atoms with E-state index < -0.39 is 0 Å². The van der Waals surface area contributed by atoms with Crippen LogP contribution in [0.4, 0.5) is 0 Å². The van der Waals surface area contributed by atoms with Crippen molar-refractivity contribution in [1.82, 2.24) is 9.78 Å². The molecule has 0 unspecified atom stereocenters. The van der Waals surface area contributed by atoms with Crippen LogP contribution in [0.15, 0.2) is 12.4 Å². The summed E-state index contributed by atoms with van der Waals surface area (Å²) in [6, 6.07) is 0. The first-order chi connectivity index (χ1) is 5.24. The van der Waals surface area contributed by atoms with Crippen molar-refractivity contribution < 1.29 is 4.79 Å². The Morgan fingerprint density at radius 3 is 2.91 bits per heavy atom. The number of nitrogens with zero attached hydrogens (tertiary/aromatic N) is 2. The molecule has 11 heavy (non-hydrogen) atoms. The van der Waals surface area contributed by atoms with Gasteiger partial charge in [0, 0.05) is 13.1 Å². The first-order valence-electron chi connectivity index (χ1n) is 3.78. The number of aryl methyl sites for hydroxylation is 1. The molecule has 0 aliphatic carbocycles. The van der Waals surface area contributed by atoms with Gasteiger partial charge in [0.25, 0.3) is 0 Å². The summed E-state index contributed by atoms with van der Waals surface area (Å²) in [4.78, 5) is 10.8. The quantitative estimate of drug-likeness (QED) is 0.643. The van der Waals surface area contributed by atoms with Gasteiger partial charge in [0.1, 0.15) is 0 Å². The Morgan fingerprint density at radius 2 is 2.45 bits per heavy atom. The fourth-order valence-corrected chi connectivity index (χ4v) is 0.950. The highest BCUT2D eigenvalue weighted by Gasteiger charge is 1.99. The summed E-state index contributed by atoms with van der Waals surface area (Å²) in [5, 5.41) is 3.90. The Morgan fingerprint density at radius 1 is 1.73 bits per heavy atom. The summed E-state index contributed by atoms with van der Waals surface area (Å²) in [6.07, 6.45) is 5.60. The second-order valence-electron chi connectivity index (χ2n) is 2.56. The fraction of sp³-hybridized carbons (Fsp3) is 0.500. The van der Waals surface area contributed by atoms with E-state index in [0.717, 1.165) is 18.4 Å². The topological polar surface area (TPSA) is 34.9 Å². The van der Waals surface area contributed by atoms with Gasteiger partial charge in [0.2, 0.25) is 5.91 Å². The van der Waals surface area contributed by atoms with E-state index in [4.69, 9.17) is 0 Å². The zero-order valence-electron chi connectivity index (χ0n) is 6.87. The molecule has 3 heteroatoms. The molecule has 0 amide bonds. The van der Waals surface area contributed by atoms with Crippen LogP contribution in [0.25, 0.3) is 0 Å². The smallest absolute Gasteiger partial charge is 0.243 e. The first kappa shape index (κ1) is 7.98. The monoisotopic (exact) mass is 152 g/mol. The number of carbonyl (C=O) groups is 1. The van der Waals surface area contributed by atoms with Crippen LogP contribution in [0, 0.1) is 0 Å². The number of hydrogen-bond donors (Lipinski definition) is 0. The standard InChI is InChI=1S/C8H12N2O/c1-3-4-8-5-9-10(6-8)7(2)11/h5-6H,3-4H2,1-2H3. The molecule has 0 fully saturated rings. The molecule has 0 aliphatic heterocycles. The lowest BCUT2D eigenvalue weighted by molar-refractivity contribution is 0.0921. The van der Waals surface area contributed by atoms with Crippen LogP contribution in [0.3, 0.4) is 0 Å². The molecule has 1 rings (SSSR count). The number of rotatable bonds is 2. The minimum Gasteiger partial charge on any atom is -0.273 e. The van der Waals surface area contributed by atoms with E-state index in [0.29, 0.717) is 0 Å². The summed E-state index contributed by atoms with van der Waals surface area (Å²) in [5.74, 6) is -0.0349. The van der Waals surface area contributed by atoms with Crippen molar-refractivity contribution in [2.24, 2.45) is 0 Å². The maximum absolute atomic E-state index is 10.8. The average molecular weight is 152 g/mol. The Balaban J connectivity index is 2.73.